The Bertz CT molecular complexity index is 625. The van der Waals surface area contributed by atoms with Gasteiger partial charge in [-0.05, 0) is 68.0 Å². The molecule has 0 aliphatic rings. The van der Waals surface area contributed by atoms with E-state index in [-0.39, 0.29) is 5.78 Å². The Hall–Kier alpha value is -1.89. The molecule has 0 saturated heterocycles. The van der Waals surface area contributed by atoms with Gasteiger partial charge in [0.2, 0.25) is 0 Å². The zero-order valence-electron chi connectivity index (χ0n) is 12.3. The van der Waals surface area contributed by atoms with Crippen LogP contribution in [0.5, 0.6) is 0 Å². The summed E-state index contributed by atoms with van der Waals surface area (Å²) in [6.07, 6.45) is 0. The Morgan fingerprint density at radius 2 is 1.42 bits per heavy atom. The van der Waals surface area contributed by atoms with Crippen molar-refractivity contribution in [1.29, 1.82) is 0 Å². The standard InChI is InChI=1S/C18H20O/c1-11-10-12(2)14(4)18(13(11)3)17-9-7-6-8-16(17)15(5)19/h6-10H,1-5H3. The minimum Gasteiger partial charge on any atom is -0.294 e. The average Bonchev–Trinajstić information content (AvgIpc) is 2.37. The third-order valence-electron chi connectivity index (χ3n) is 3.94. The van der Waals surface area contributed by atoms with Gasteiger partial charge >= 0.3 is 0 Å². The molecule has 0 unspecified atom stereocenters. The second-order valence-corrected chi connectivity index (χ2v) is 5.24. The van der Waals surface area contributed by atoms with Crippen molar-refractivity contribution >= 4 is 5.78 Å². The first-order chi connectivity index (χ1) is 8.93. The van der Waals surface area contributed by atoms with Crippen LogP contribution in [0.25, 0.3) is 11.1 Å². The summed E-state index contributed by atoms with van der Waals surface area (Å²) in [7, 11) is 0. The number of hydrogen-bond acceptors (Lipinski definition) is 1. The van der Waals surface area contributed by atoms with Gasteiger partial charge in [-0.25, -0.2) is 0 Å². The molecule has 0 radical (unpaired) electrons. The lowest BCUT2D eigenvalue weighted by Crippen LogP contribution is -2.01. The zero-order chi connectivity index (χ0) is 14.2. The van der Waals surface area contributed by atoms with Gasteiger partial charge in [-0.3, -0.25) is 4.79 Å². The van der Waals surface area contributed by atoms with Gasteiger partial charge in [0, 0.05) is 5.56 Å². The summed E-state index contributed by atoms with van der Waals surface area (Å²) in [6, 6.07) is 10.1. The van der Waals surface area contributed by atoms with Crippen LogP contribution in [-0.2, 0) is 0 Å². The Morgan fingerprint density at radius 3 is 1.95 bits per heavy atom. The maximum Gasteiger partial charge on any atom is 0.160 e. The molecule has 0 aromatic heterocycles. The first kappa shape index (κ1) is 13.5. The smallest absolute Gasteiger partial charge is 0.160 e. The van der Waals surface area contributed by atoms with Crippen LogP contribution in [0.4, 0.5) is 0 Å². The lowest BCUT2D eigenvalue weighted by atomic mass is 9.87. The number of Topliss-reactive ketones (excluding diaryl/α,β-unsaturated/α-hetero) is 1. The molecule has 2 aromatic rings. The molecule has 0 saturated carbocycles. The molecule has 0 heterocycles. The molecule has 1 nitrogen and oxygen atoms in total. The van der Waals surface area contributed by atoms with E-state index in [0.29, 0.717) is 0 Å². The number of hydrogen-bond donors (Lipinski definition) is 0. The van der Waals surface area contributed by atoms with Crippen LogP contribution in [0.15, 0.2) is 30.3 Å². The Balaban J connectivity index is 2.83. The van der Waals surface area contributed by atoms with E-state index in [4.69, 9.17) is 0 Å². The Morgan fingerprint density at radius 1 is 0.895 bits per heavy atom. The van der Waals surface area contributed by atoms with Gasteiger partial charge in [0.25, 0.3) is 0 Å². The van der Waals surface area contributed by atoms with Crippen molar-refractivity contribution in [3.05, 3.63) is 58.1 Å². The fourth-order valence-electron chi connectivity index (χ4n) is 2.63. The molecule has 2 rings (SSSR count). The van der Waals surface area contributed by atoms with E-state index in [1.165, 1.54) is 27.8 Å². The molecule has 0 bridgehead atoms. The zero-order valence-corrected chi connectivity index (χ0v) is 12.3. The fraction of sp³-hybridized carbons (Fsp3) is 0.278. The first-order valence-corrected chi connectivity index (χ1v) is 6.61. The van der Waals surface area contributed by atoms with Gasteiger partial charge in [0.15, 0.2) is 5.78 Å². The van der Waals surface area contributed by atoms with Crippen molar-refractivity contribution in [2.45, 2.75) is 34.6 Å². The van der Waals surface area contributed by atoms with Crippen molar-refractivity contribution in [2.75, 3.05) is 0 Å². The largest absolute Gasteiger partial charge is 0.294 e. The van der Waals surface area contributed by atoms with Crippen LogP contribution < -0.4 is 0 Å². The second kappa shape index (κ2) is 5.00. The van der Waals surface area contributed by atoms with Gasteiger partial charge in [-0.2, -0.15) is 0 Å². The lowest BCUT2D eigenvalue weighted by molar-refractivity contribution is 0.101. The van der Waals surface area contributed by atoms with Crippen LogP contribution in [0.3, 0.4) is 0 Å². The highest BCUT2D eigenvalue weighted by Gasteiger charge is 2.15. The number of aryl methyl sites for hydroxylation is 2. The van der Waals surface area contributed by atoms with Gasteiger partial charge < -0.3 is 0 Å². The van der Waals surface area contributed by atoms with Crippen molar-refractivity contribution < 1.29 is 4.79 Å². The van der Waals surface area contributed by atoms with Gasteiger partial charge in [0.05, 0.1) is 0 Å². The quantitative estimate of drug-likeness (QED) is 0.702. The summed E-state index contributed by atoms with van der Waals surface area (Å²) in [5, 5.41) is 0. The third-order valence-corrected chi connectivity index (χ3v) is 3.94. The van der Waals surface area contributed by atoms with Crippen molar-refractivity contribution in [3.8, 4) is 11.1 Å². The Kier molecular flexibility index (Phi) is 3.57. The number of benzene rings is 2. The van der Waals surface area contributed by atoms with Gasteiger partial charge in [0.1, 0.15) is 0 Å². The maximum absolute atomic E-state index is 11.8. The van der Waals surface area contributed by atoms with E-state index < -0.39 is 0 Å². The molecule has 0 aliphatic carbocycles. The summed E-state index contributed by atoms with van der Waals surface area (Å²) >= 11 is 0. The summed E-state index contributed by atoms with van der Waals surface area (Å²) in [5.74, 6) is 0.119. The lowest BCUT2D eigenvalue weighted by Gasteiger charge is -2.17. The topological polar surface area (TPSA) is 17.1 Å². The molecule has 0 spiro atoms. The number of ketones is 1. The normalized spacial score (nSPS) is 10.6. The average molecular weight is 252 g/mol. The van der Waals surface area contributed by atoms with Crippen LogP contribution in [0.2, 0.25) is 0 Å². The van der Waals surface area contributed by atoms with E-state index in [1.54, 1.807) is 6.92 Å². The molecular formula is C18H20O. The highest BCUT2D eigenvalue weighted by molar-refractivity contribution is 6.01. The van der Waals surface area contributed by atoms with E-state index in [1.807, 2.05) is 24.3 Å². The van der Waals surface area contributed by atoms with Crippen molar-refractivity contribution in [3.63, 3.8) is 0 Å². The summed E-state index contributed by atoms with van der Waals surface area (Å²) in [6.45, 7) is 10.2. The minimum atomic E-state index is 0.119. The van der Waals surface area contributed by atoms with E-state index in [9.17, 15) is 4.79 Å². The summed E-state index contributed by atoms with van der Waals surface area (Å²) < 4.78 is 0. The molecular weight excluding hydrogens is 232 g/mol. The fourth-order valence-corrected chi connectivity index (χ4v) is 2.63. The molecule has 1 heteroatoms. The molecule has 0 amide bonds. The number of carbonyl (C=O) groups is 1. The molecule has 0 fully saturated rings. The molecule has 19 heavy (non-hydrogen) atoms. The second-order valence-electron chi connectivity index (χ2n) is 5.24. The maximum atomic E-state index is 11.8. The predicted octanol–water partition coefficient (Wildman–Crippen LogP) is 4.79. The van der Waals surface area contributed by atoms with Crippen LogP contribution in [-0.4, -0.2) is 5.78 Å². The SMILES string of the molecule is CC(=O)c1ccccc1-c1c(C)c(C)cc(C)c1C. The van der Waals surface area contributed by atoms with Gasteiger partial charge in [-0.1, -0.05) is 30.3 Å². The first-order valence-electron chi connectivity index (χ1n) is 6.61. The highest BCUT2D eigenvalue weighted by Crippen LogP contribution is 2.33. The van der Waals surface area contributed by atoms with Crippen LogP contribution in [0.1, 0.15) is 39.5 Å². The van der Waals surface area contributed by atoms with E-state index >= 15 is 0 Å². The van der Waals surface area contributed by atoms with E-state index in [2.05, 4.69) is 33.8 Å². The monoisotopic (exact) mass is 252 g/mol. The predicted molar refractivity (Wildman–Crippen MR) is 80.8 cm³/mol. The number of rotatable bonds is 2. The summed E-state index contributed by atoms with van der Waals surface area (Å²) in [5.41, 5.74) is 8.14. The van der Waals surface area contributed by atoms with Crippen molar-refractivity contribution in [1.82, 2.24) is 0 Å². The van der Waals surface area contributed by atoms with Gasteiger partial charge in [-0.15, -0.1) is 0 Å². The summed E-state index contributed by atoms with van der Waals surface area (Å²) in [4.78, 5) is 11.8. The molecule has 0 N–H and O–H groups in total. The van der Waals surface area contributed by atoms with Crippen LogP contribution >= 0.6 is 0 Å². The number of carbonyl (C=O) groups excluding carboxylic acids is 1. The third kappa shape index (κ3) is 2.33. The molecule has 0 atom stereocenters. The van der Waals surface area contributed by atoms with E-state index in [0.717, 1.165) is 11.1 Å². The highest BCUT2D eigenvalue weighted by atomic mass is 16.1. The molecule has 0 aliphatic heterocycles. The Labute approximate surface area is 115 Å². The molecule has 98 valence electrons. The van der Waals surface area contributed by atoms with Crippen LogP contribution in [0, 0.1) is 27.7 Å². The van der Waals surface area contributed by atoms with Crippen molar-refractivity contribution in [2.24, 2.45) is 0 Å². The molecule has 2 aromatic carbocycles. The minimum absolute atomic E-state index is 0.119.